The number of epoxide rings is 1. The number of carboxylic acid groups (broad SMARTS) is 1. The van der Waals surface area contributed by atoms with Crippen LogP contribution in [0.25, 0.3) is 0 Å². The first-order chi connectivity index (χ1) is 4.76. The van der Waals surface area contributed by atoms with Crippen LogP contribution >= 0.6 is 0 Å². The lowest BCUT2D eigenvalue weighted by Crippen LogP contribution is -2.36. The lowest BCUT2D eigenvalue weighted by Gasteiger charge is -2.12. The van der Waals surface area contributed by atoms with Gasteiger partial charge in [0.1, 0.15) is 6.10 Å². The van der Waals surface area contributed by atoms with Gasteiger partial charge < -0.3 is 14.6 Å². The number of hydrogen-bond acceptors (Lipinski definition) is 3. The smallest absolute Gasteiger partial charge is 0.341 e. The van der Waals surface area contributed by atoms with E-state index in [1.165, 1.54) is 0 Å². The molecular formula is C6H8O4. The van der Waals surface area contributed by atoms with Crippen LogP contribution in [0.5, 0.6) is 0 Å². The highest BCUT2D eigenvalue weighted by molar-refractivity contribution is 5.81. The van der Waals surface area contributed by atoms with Gasteiger partial charge >= 0.3 is 5.97 Å². The van der Waals surface area contributed by atoms with Crippen LogP contribution in [0.3, 0.4) is 0 Å². The first-order valence-electron chi connectivity index (χ1n) is 3.25. The standard InChI is InChI=1S/C6H8O4/c7-5(8)6-3-9-2-1-4(6)10-6/h4H,1-3H2,(H,7,8). The van der Waals surface area contributed by atoms with Crippen molar-refractivity contribution in [3.05, 3.63) is 0 Å². The third kappa shape index (κ3) is 0.602. The molecule has 0 bridgehead atoms. The Morgan fingerprint density at radius 2 is 2.50 bits per heavy atom. The van der Waals surface area contributed by atoms with Crippen LogP contribution in [0.4, 0.5) is 0 Å². The highest BCUT2D eigenvalue weighted by Crippen LogP contribution is 2.42. The summed E-state index contributed by atoms with van der Waals surface area (Å²) >= 11 is 0. The van der Waals surface area contributed by atoms with Gasteiger partial charge in [0.15, 0.2) is 0 Å². The minimum absolute atomic E-state index is 0.0845. The van der Waals surface area contributed by atoms with E-state index in [0.717, 1.165) is 0 Å². The normalized spacial score (nSPS) is 44.2. The van der Waals surface area contributed by atoms with Gasteiger partial charge in [-0.1, -0.05) is 0 Å². The maximum atomic E-state index is 10.5. The highest BCUT2D eigenvalue weighted by atomic mass is 16.7. The molecule has 56 valence electrons. The van der Waals surface area contributed by atoms with Gasteiger partial charge in [-0.15, -0.1) is 0 Å². The summed E-state index contributed by atoms with van der Waals surface area (Å²) in [6.45, 7) is 0.840. The van der Waals surface area contributed by atoms with Crippen LogP contribution in [0, 0.1) is 0 Å². The molecule has 4 nitrogen and oxygen atoms in total. The second-order valence-corrected chi connectivity index (χ2v) is 2.64. The predicted octanol–water partition coefficient (Wildman–Crippen LogP) is -0.371. The second kappa shape index (κ2) is 1.71. The number of hydrogen-bond donors (Lipinski definition) is 1. The van der Waals surface area contributed by atoms with Gasteiger partial charge in [0.05, 0.1) is 6.61 Å². The monoisotopic (exact) mass is 144 g/mol. The lowest BCUT2D eigenvalue weighted by atomic mass is 10.0. The van der Waals surface area contributed by atoms with Crippen LogP contribution in [-0.4, -0.2) is 36.0 Å². The SMILES string of the molecule is O=C(O)C12COCCC1O2. The molecule has 2 saturated heterocycles. The predicted molar refractivity (Wildman–Crippen MR) is 30.7 cm³/mol. The van der Waals surface area contributed by atoms with Gasteiger partial charge in [-0.3, -0.25) is 0 Å². The summed E-state index contributed by atoms with van der Waals surface area (Å²) in [6, 6.07) is 0. The molecular weight excluding hydrogens is 136 g/mol. The Labute approximate surface area is 57.7 Å². The lowest BCUT2D eigenvalue weighted by molar-refractivity contribution is -0.146. The van der Waals surface area contributed by atoms with E-state index in [0.29, 0.717) is 13.0 Å². The number of aliphatic carboxylic acids is 1. The minimum Gasteiger partial charge on any atom is -0.479 e. The fourth-order valence-corrected chi connectivity index (χ4v) is 1.30. The summed E-state index contributed by atoms with van der Waals surface area (Å²) < 4.78 is 9.98. The van der Waals surface area contributed by atoms with Crippen LogP contribution < -0.4 is 0 Å². The minimum atomic E-state index is -0.960. The Morgan fingerprint density at radius 3 is 3.00 bits per heavy atom. The quantitative estimate of drug-likeness (QED) is 0.510. The first kappa shape index (κ1) is 6.12. The van der Waals surface area contributed by atoms with Crippen molar-refractivity contribution in [2.75, 3.05) is 13.2 Å². The van der Waals surface area contributed by atoms with Crippen molar-refractivity contribution in [3.8, 4) is 0 Å². The van der Waals surface area contributed by atoms with Gasteiger partial charge in [0.25, 0.3) is 0 Å². The van der Waals surface area contributed by atoms with Gasteiger partial charge in [-0.25, -0.2) is 4.79 Å². The maximum Gasteiger partial charge on any atom is 0.341 e. The van der Waals surface area contributed by atoms with Gasteiger partial charge in [-0.05, 0) is 0 Å². The van der Waals surface area contributed by atoms with Crippen molar-refractivity contribution >= 4 is 5.97 Å². The molecule has 0 aromatic carbocycles. The van der Waals surface area contributed by atoms with Crippen molar-refractivity contribution in [2.45, 2.75) is 18.1 Å². The number of ether oxygens (including phenoxy) is 2. The van der Waals surface area contributed by atoms with Crippen LogP contribution in [0.1, 0.15) is 6.42 Å². The van der Waals surface area contributed by atoms with E-state index in [9.17, 15) is 4.79 Å². The third-order valence-electron chi connectivity index (χ3n) is 2.02. The first-order valence-corrected chi connectivity index (χ1v) is 3.25. The molecule has 4 heteroatoms. The van der Waals surface area contributed by atoms with Crippen molar-refractivity contribution in [1.29, 1.82) is 0 Å². The second-order valence-electron chi connectivity index (χ2n) is 2.64. The Balaban J connectivity index is 2.12. The molecule has 2 heterocycles. The van der Waals surface area contributed by atoms with Crippen LogP contribution in [-0.2, 0) is 14.3 Å². The average molecular weight is 144 g/mol. The summed E-state index contributed by atoms with van der Waals surface area (Å²) in [5.74, 6) is -0.891. The molecule has 0 aromatic rings. The summed E-state index contributed by atoms with van der Waals surface area (Å²) in [4.78, 5) is 10.5. The van der Waals surface area contributed by atoms with E-state index in [4.69, 9.17) is 14.6 Å². The Kier molecular flexibility index (Phi) is 1.04. The molecule has 2 rings (SSSR count). The molecule has 0 saturated carbocycles. The van der Waals surface area contributed by atoms with E-state index < -0.39 is 11.6 Å². The molecule has 2 aliphatic rings. The van der Waals surface area contributed by atoms with Crippen LogP contribution in [0.2, 0.25) is 0 Å². The highest BCUT2D eigenvalue weighted by Gasteiger charge is 2.64. The topological polar surface area (TPSA) is 59.1 Å². The summed E-state index contributed by atoms with van der Waals surface area (Å²) in [6.07, 6.45) is 0.630. The van der Waals surface area contributed by atoms with E-state index in [1.807, 2.05) is 0 Å². The third-order valence-corrected chi connectivity index (χ3v) is 2.02. The molecule has 10 heavy (non-hydrogen) atoms. The number of fused-ring (bicyclic) bond motifs is 1. The number of carbonyl (C=O) groups is 1. The Bertz CT molecular complexity index is 179. The van der Waals surface area contributed by atoms with Crippen LogP contribution in [0.15, 0.2) is 0 Å². The summed E-state index contributed by atoms with van der Waals surface area (Å²) in [5.41, 5.74) is -0.960. The fourth-order valence-electron chi connectivity index (χ4n) is 1.30. The van der Waals surface area contributed by atoms with Gasteiger partial charge in [-0.2, -0.15) is 0 Å². The molecule has 2 atom stereocenters. The summed E-state index contributed by atoms with van der Waals surface area (Å²) in [5, 5.41) is 8.63. The largest absolute Gasteiger partial charge is 0.479 e. The molecule has 2 unspecified atom stereocenters. The molecule has 2 fully saturated rings. The molecule has 2 aliphatic heterocycles. The molecule has 1 N–H and O–H groups in total. The summed E-state index contributed by atoms with van der Waals surface area (Å²) in [7, 11) is 0. The molecule has 0 radical (unpaired) electrons. The fraction of sp³-hybridized carbons (Fsp3) is 0.833. The number of carboxylic acids is 1. The van der Waals surface area contributed by atoms with Gasteiger partial charge in [0, 0.05) is 13.0 Å². The molecule has 0 amide bonds. The maximum absolute atomic E-state index is 10.5. The van der Waals surface area contributed by atoms with E-state index in [-0.39, 0.29) is 12.7 Å². The zero-order valence-electron chi connectivity index (χ0n) is 5.37. The van der Waals surface area contributed by atoms with Gasteiger partial charge in [0.2, 0.25) is 5.60 Å². The van der Waals surface area contributed by atoms with Crippen molar-refractivity contribution in [2.24, 2.45) is 0 Å². The molecule has 0 aliphatic carbocycles. The zero-order valence-corrected chi connectivity index (χ0v) is 5.37. The van der Waals surface area contributed by atoms with E-state index >= 15 is 0 Å². The van der Waals surface area contributed by atoms with Crippen molar-refractivity contribution < 1.29 is 19.4 Å². The Morgan fingerprint density at radius 1 is 1.70 bits per heavy atom. The average Bonchev–Trinajstić information content (AvgIpc) is 2.61. The molecule has 0 spiro atoms. The van der Waals surface area contributed by atoms with Crippen molar-refractivity contribution in [1.82, 2.24) is 0 Å². The van der Waals surface area contributed by atoms with Crippen molar-refractivity contribution in [3.63, 3.8) is 0 Å². The van der Waals surface area contributed by atoms with E-state index in [2.05, 4.69) is 0 Å². The van der Waals surface area contributed by atoms with E-state index in [1.54, 1.807) is 0 Å². The Hall–Kier alpha value is -0.610. The number of rotatable bonds is 1. The zero-order chi connectivity index (χ0) is 7.19. The molecule has 0 aromatic heterocycles.